The van der Waals surface area contributed by atoms with Crippen LogP contribution >= 0.6 is 0 Å². The van der Waals surface area contributed by atoms with E-state index in [2.05, 4.69) is 10.6 Å². The van der Waals surface area contributed by atoms with Crippen molar-refractivity contribution in [3.8, 4) is 5.75 Å². The van der Waals surface area contributed by atoms with Crippen molar-refractivity contribution in [1.82, 2.24) is 10.2 Å². The molecule has 7 nitrogen and oxygen atoms in total. The van der Waals surface area contributed by atoms with Gasteiger partial charge in [0.25, 0.3) is 0 Å². The van der Waals surface area contributed by atoms with E-state index >= 15 is 0 Å². The van der Waals surface area contributed by atoms with E-state index in [0.29, 0.717) is 24.5 Å². The summed E-state index contributed by atoms with van der Waals surface area (Å²) in [6.07, 6.45) is 1.55. The van der Waals surface area contributed by atoms with Crippen LogP contribution in [0.15, 0.2) is 40.8 Å². The molecule has 3 aromatic rings. The number of likely N-dealkylation sites (tertiary alicyclic amines) is 1. The number of anilines is 1. The molecule has 0 saturated carbocycles. The van der Waals surface area contributed by atoms with Crippen LogP contribution in [0.4, 0.5) is 5.69 Å². The van der Waals surface area contributed by atoms with Crippen LogP contribution in [0, 0.1) is 0 Å². The largest absolute Gasteiger partial charge is 0.495 e. The van der Waals surface area contributed by atoms with Gasteiger partial charge >= 0.3 is 0 Å². The van der Waals surface area contributed by atoms with Crippen molar-refractivity contribution in [3.63, 3.8) is 0 Å². The lowest BCUT2D eigenvalue weighted by atomic mass is 10.1. The maximum absolute atomic E-state index is 12.4. The zero-order valence-electron chi connectivity index (χ0n) is 16.7. The monoisotopic (exact) mass is 395 g/mol. The SMILES string of the molecule is COc1cc2c(cc1NCC(=O)NC1CCN(C(C)=O)CC1)oc1ccccc12. The van der Waals surface area contributed by atoms with Crippen LogP contribution in [-0.2, 0) is 9.59 Å². The van der Waals surface area contributed by atoms with Gasteiger partial charge in [0.05, 0.1) is 19.3 Å². The zero-order valence-corrected chi connectivity index (χ0v) is 16.7. The summed E-state index contributed by atoms with van der Waals surface area (Å²) >= 11 is 0. The van der Waals surface area contributed by atoms with Gasteiger partial charge < -0.3 is 24.7 Å². The lowest BCUT2D eigenvalue weighted by Gasteiger charge is -2.31. The van der Waals surface area contributed by atoms with Gasteiger partial charge in [0.2, 0.25) is 11.8 Å². The quantitative estimate of drug-likeness (QED) is 0.693. The molecule has 2 amide bonds. The average molecular weight is 395 g/mol. The number of rotatable bonds is 5. The number of furan rings is 1. The summed E-state index contributed by atoms with van der Waals surface area (Å²) in [5.41, 5.74) is 2.27. The predicted octanol–water partition coefficient (Wildman–Crippen LogP) is 3.13. The highest BCUT2D eigenvalue weighted by Crippen LogP contribution is 2.36. The topological polar surface area (TPSA) is 83.8 Å². The van der Waals surface area contributed by atoms with Crippen molar-refractivity contribution in [3.05, 3.63) is 36.4 Å². The summed E-state index contributed by atoms with van der Waals surface area (Å²) in [4.78, 5) is 25.6. The van der Waals surface area contributed by atoms with Crippen LogP contribution in [0.2, 0.25) is 0 Å². The summed E-state index contributed by atoms with van der Waals surface area (Å²) in [5, 5.41) is 8.20. The molecule has 0 spiro atoms. The molecule has 2 N–H and O–H groups in total. The number of para-hydroxylation sites is 1. The number of ether oxygens (including phenoxy) is 1. The highest BCUT2D eigenvalue weighted by atomic mass is 16.5. The minimum atomic E-state index is -0.0852. The van der Waals surface area contributed by atoms with Crippen LogP contribution in [0.5, 0.6) is 5.75 Å². The number of fused-ring (bicyclic) bond motifs is 3. The van der Waals surface area contributed by atoms with Crippen LogP contribution in [0.25, 0.3) is 21.9 Å². The first-order valence-electron chi connectivity index (χ1n) is 9.83. The maximum Gasteiger partial charge on any atom is 0.239 e. The number of piperidine rings is 1. The molecule has 0 unspecified atom stereocenters. The molecule has 0 atom stereocenters. The van der Waals surface area contributed by atoms with Gasteiger partial charge in [-0.15, -0.1) is 0 Å². The molecule has 1 aliphatic rings. The van der Waals surface area contributed by atoms with Gasteiger partial charge in [0.15, 0.2) is 0 Å². The molecule has 0 radical (unpaired) electrons. The van der Waals surface area contributed by atoms with E-state index in [1.54, 1.807) is 14.0 Å². The molecule has 0 aliphatic carbocycles. The molecule has 7 heteroatoms. The molecule has 1 saturated heterocycles. The summed E-state index contributed by atoms with van der Waals surface area (Å²) in [7, 11) is 1.61. The number of benzene rings is 2. The minimum absolute atomic E-state index is 0.0852. The molecule has 29 heavy (non-hydrogen) atoms. The number of hydrogen-bond acceptors (Lipinski definition) is 5. The Morgan fingerprint density at radius 2 is 1.90 bits per heavy atom. The van der Waals surface area contributed by atoms with E-state index in [-0.39, 0.29) is 24.4 Å². The third kappa shape index (κ3) is 3.99. The van der Waals surface area contributed by atoms with Crippen molar-refractivity contribution in [2.75, 3.05) is 32.1 Å². The fourth-order valence-electron chi connectivity index (χ4n) is 3.85. The first-order chi connectivity index (χ1) is 14.0. The van der Waals surface area contributed by atoms with Crippen LogP contribution in [0.3, 0.4) is 0 Å². The second-order valence-electron chi connectivity index (χ2n) is 7.35. The summed E-state index contributed by atoms with van der Waals surface area (Å²) in [6.45, 7) is 3.08. The van der Waals surface area contributed by atoms with Gasteiger partial charge in [-0.25, -0.2) is 0 Å². The smallest absolute Gasteiger partial charge is 0.239 e. The standard InChI is InChI=1S/C22H25N3O4/c1-14(26)25-9-7-15(8-10-25)24-22(27)13-23-18-12-20-17(11-21(18)28-2)16-5-3-4-6-19(16)29-20/h3-6,11-12,15,23H,7-10,13H2,1-2H3,(H,24,27). The second-order valence-corrected chi connectivity index (χ2v) is 7.35. The highest BCUT2D eigenvalue weighted by molar-refractivity contribution is 6.06. The number of carbonyl (C=O) groups excluding carboxylic acids is 2. The van der Waals surface area contributed by atoms with E-state index in [4.69, 9.17) is 9.15 Å². The van der Waals surface area contributed by atoms with Gasteiger partial charge in [-0.3, -0.25) is 9.59 Å². The molecular formula is C22H25N3O4. The summed E-state index contributed by atoms with van der Waals surface area (Å²) in [5.74, 6) is 0.661. The first kappa shape index (κ1) is 19.1. The highest BCUT2D eigenvalue weighted by Gasteiger charge is 2.22. The fourth-order valence-corrected chi connectivity index (χ4v) is 3.85. The van der Waals surface area contributed by atoms with Gasteiger partial charge in [-0.2, -0.15) is 0 Å². The maximum atomic E-state index is 12.4. The molecule has 2 heterocycles. The minimum Gasteiger partial charge on any atom is -0.495 e. The molecule has 1 aromatic heterocycles. The normalized spacial score (nSPS) is 14.9. The Labute approximate surface area is 169 Å². The predicted molar refractivity (Wildman–Crippen MR) is 112 cm³/mol. The molecule has 152 valence electrons. The van der Waals surface area contributed by atoms with E-state index < -0.39 is 0 Å². The van der Waals surface area contributed by atoms with Crippen molar-refractivity contribution >= 4 is 39.4 Å². The van der Waals surface area contributed by atoms with Gasteiger partial charge in [-0.05, 0) is 25.0 Å². The molecule has 0 bridgehead atoms. The van der Waals surface area contributed by atoms with Gasteiger partial charge in [-0.1, -0.05) is 18.2 Å². The molecule has 2 aromatic carbocycles. The average Bonchev–Trinajstić information content (AvgIpc) is 3.09. The molecular weight excluding hydrogens is 370 g/mol. The van der Waals surface area contributed by atoms with Crippen LogP contribution in [-0.4, -0.2) is 49.5 Å². The van der Waals surface area contributed by atoms with E-state index in [1.165, 1.54) is 0 Å². The Bertz CT molecular complexity index is 1050. The second kappa shape index (κ2) is 8.03. The molecule has 4 rings (SSSR count). The van der Waals surface area contributed by atoms with Crippen molar-refractivity contribution in [1.29, 1.82) is 0 Å². The van der Waals surface area contributed by atoms with Crippen molar-refractivity contribution < 1.29 is 18.7 Å². The Morgan fingerprint density at radius 1 is 1.14 bits per heavy atom. The van der Waals surface area contributed by atoms with E-state index in [1.807, 2.05) is 41.3 Å². The summed E-state index contributed by atoms with van der Waals surface area (Å²) in [6, 6.07) is 11.7. The Balaban J connectivity index is 1.42. The van der Waals surface area contributed by atoms with Crippen LogP contribution in [0.1, 0.15) is 19.8 Å². The number of nitrogens with one attached hydrogen (secondary N) is 2. The Kier molecular flexibility index (Phi) is 5.29. The number of amides is 2. The zero-order chi connectivity index (χ0) is 20.4. The van der Waals surface area contributed by atoms with Gasteiger partial charge in [0.1, 0.15) is 16.9 Å². The number of nitrogens with zero attached hydrogens (tertiary/aromatic N) is 1. The first-order valence-corrected chi connectivity index (χ1v) is 9.83. The Morgan fingerprint density at radius 3 is 2.62 bits per heavy atom. The van der Waals surface area contributed by atoms with Crippen molar-refractivity contribution in [2.45, 2.75) is 25.8 Å². The fraction of sp³-hybridized carbons (Fsp3) is 0.364. The molecule has 1 fully saturated rings. The molecule has 1 aliphatic heterocycles. The third-order valence-electron chi connectivity index (χ3n) is 5.44. The van der Waals surface area contributed by atoms with Crippen LogP contribution < -0.4 is 15.4 Å². The Hall–Kier alpha value is -3.22. The number of hydrogen-bond donors (Lipinski definition) is 2. The van der Waals surface area contributed by atoms with Crippen molar-refractivity contribution in [2.24, 2.45) is 0 Å². The third-order valence-corrected chi connectivity index (χ3v) is 5.44. The van der Waals surface area contributed by atoms with Gasteiger partial charge in [0, 0.05) is 42.9 Å². The number of carbonyl (C=O) groups is 2. The lowest BCUT2D eigenvalue weighted by Crippen LogP contribution is -2.47. The summed E-state index contributed by atoms with van der Waals surface area (Å²) < 4.78 is 11.4. The number of methoxy groups -OCH3 is 1. The van der Waals surface area contributed by atoms with E-state index in [9.17, 15) is 9.59 Å². The van der Waals surface area contributed by atoms with E-state index in [0.717, 1.165) is 34.8 Å². The lowest BCUT2D eigenvalue weighted by molar-refractivity contribution is -0.130.